The van der Waals surface area contributed by atoms with E-state index in [0.717, 1.165) is 45.1 Å². The topological polar surface area (TPSA) is 57.2 Å². The summed E-state index contributed by atoms with van der Waals surface area (Å²) in [5, 5.41) is 10.1. The van der Waals surface area contributed by atoms with Crippen molar-refractivity contribution in [2.75, 3.05) is 26.4 Å². The van der Waals surface area contributed by atoms with E-state index in [4.69, 9.17) is 18.9 Å². The minimum Gasteiger partial charge on any atom is -0.379 e. The molecule has 0 amide bonds. The molecule has 0 aromatic heterocycles. The Morgan fingerprint density at radius 1 is 0.818 bits per heavy atom. The van der Waals surface area contributed by atoms with Crippen molar-refractivity contribution in [3.8, 4) is 0 Å². The first kappa shape index (κ1) is 19.8. The maximum atomic E-state index is 10.1. The summed E-state index contributed by atoms with van der Waals surface area (Å²) >= 11 is 0. The lowest BCUT2D eigenvalue weighted by Crippen LogP contribution is -2.39. The molecule has 4 atom stereocenters. The van der Waals surface area contributed by atoms with Crippen LogP contribution in [0.3, 0.4) is 0 Å². The van der Waals surface area contributed by atoms with Gasteiger partial charge in [0.1, 0.15) is 18.3 Å². The molecule has 1 saturated heterocycles. The van der Waals surface area contributed by atoms with E-state index < -0.39 is 12.4 Å². The zero-order chi connectivity index (χ0) is 16.2. The second kappa shape index (κ2) is 12.3. The smallest absolute Gasteiger partial charge is 0.184 e. The molecule has 0 aromatic carbocycles. The Morgan fingerprint density at radius 3 is 1.95 bits per heavy atom. The standard InChI is InChI=1S/C17H34O5/c1-4-7-10-19-13-14-15(20-11-8-5-2)16(17(18)22-14)21-12-9-6-3/h14-18H,4-13H2,1-3H3/t14-,15?,16-,17-/m1/s1. The Hall–Kier alpha value is -0.200. The molecule has 0 radical (unpaired) electrons. The van der Waals surface area contributed by atoms with Crippen molar-refractivity contribution < 1.29 is 24.1 Å². The quantitative estimate of drug-likeness (QED) is 0.529. The molecule has 0 aromatic rings. The van der Waals surface area contributed by atoms with Gasteiger partial charge in [-0.3, -0.25) is 0 Å². The summed E-state index contributed by atoms with van der Waals surface area (Å²) in [5.41, 5.74) is 0. The molecular weight excluding hydrogens is 284 g/mol. The van der Waals surface area contributed by atoms with Gasteiger partial charge in [-0.25, -0.2) is 0 Å². The van der Waals surface area contributed by atoms with Crippen LogP contribution in [0.2, 0.25) is 0 Å². The van der Waals surface area contributed by atoms with E-state index in [1.807, 2.05) is 0 Å². The van der Waals surface area contributed by atoms with E-state index in [9.17, 15) is 5.11 Å². The molecule has 1 N–H and O–H groups in total. The fourth-order valence-electron chi connectivity index (χ4n) is 2.39. The molecule has 1 unspecified atom stereocenters. The highest BCUT2D eigenvalue weighted by atomic mass is 16.7. The Bertz CT molecular complexity index is 261. The average Bonchev–Trinajstić information content (AvgIpc) is 2.80. The van der Waals surface area contributed by atoms with Crippen molar-refractivity contribution >= 4 is 0 Å². The SMILES string of the molecule is CCCCOC[C@H]1O[C@@H](O)[C@H](OCCCC)C1OCCCC. The van der Waals surface area contributed by atoms with Crippen LogP contribution < -0.4 is 0 Å². The zero-order valence-corrected chi connectivity index (χ0v) is 14.5. The lowest BCUT2D eigenvalue weighted by Gasteiger charge is -2.23. The van der Waals surface area contributed by atoms with Crippen LogP contribution in [-0.2, 0) is 18.9 Å². The third-order valence-electron chi connectivity index (χ3n) is 3.83. The third-order valence-corrected chi connectivity index (χ3v) is 3.83. The minimum atomic E-state index is -0.928. The zero-order valence-electron chi connectivity index (χ0n) is 14.5. The summed E-state index contributed by atoms with van der Waals surface area (Å²) in [6.07, 6.45) is 4.41. The lowest BCUT2D eigenvalue weighted by atomic mass is 10.1. The number of aliphatic hydroxyl groups excluding tert-OH is 1. The van der Waals surface area contributed by atoms with Crippen molar-refractivity contribution in [2.45, 2.75) is 83.9 Å². The predicted octanol–water partition coefficient (Wildman–Crippen LogP) is 2.89. The van der Waals surface area contributed by atoms with Gasteiger partial charge in [0.25, 0.3) is 0 Å². The Labute approximate surface area is 135 Å². The molecule has 0 bridgehead atoms. The molecule has 1 rings (SSSR count). The van der Waals surface area contributed by atoms with Crippen LogP contribution in [-0.4, -0.2) is 56.1 Å². The van der Waals surface area contributed by atoms with Crippen LogP contribution in [0, 0.1) is 0 Å². The van der Waals surface area contributed by atoms with E-state index in [2.05, 4.69) is 20.8 Å². The van der Waals surface area contributed by atoms with Crippen LogP contribution >= 0.6 is 0 Å². The summed E-state index contributed by atoms with van der Waals surface area (Å²) in [5.74, 6) is 0. The summed E-state index contributed by atoms with van der Waals surface area (Å²) in [7, 11) is 0. The first-order chi connectivity index (χ1) is 10.7. The second-order valence-corrected chi connectivity index (χ2v) is 5.87. The van der Waals surface area contributed by atoms with Crippen LogP contribution in [0.1, 0.15) is 59.3 Å². The van der Waals surface area contributed by atoms with E-state index in [1.54, 1.807) is 0 Å². The average molecular weight is 318 g/mol. The fourth-order valence-corrected chi connectivity index (χ4v) is 2.39. The fraction of sp³-hybridized carbons (Fsp3) is 1.00. The van der Waals surface area contributed by atoms with Gasteiger partial charge in [0.05, 0.1) is 6.61 Å². The molecule has 1 fully saturated rings. The molecular formula is C17H34O5. The molecule has 132 valence electrons. The molecule has 1 aliphatic rings. The predicted molar refractivity (Wildman–Crippen MR) is 85.9 cm³/mol. The Kier molecular flexibility index (Phi) is 11.1. The highest BCUT2D eigenvalue weighted by Gasteiger charge is 2.45. The minimum absolute atomic E-state index is 0.250. The summed E-state index contributed by atoms with van der Waals surface area (Å²) < 4.78 is 23.0. The highest BCUT2D eigenvalue weighted by Crippen LogP contribution is 2.26. The normalized spacial score (nSPS) is 28.4. The molecule has 5 nitrogen and oxygen atoms in total. The molecule has 0 aliphatic carbocycles. The van der Waals surface area contributed by atoms with Gasteiger partial charge in [-0.15, -0.1) is 0 Å². The first-order valence-electron chi connectivity index (χ1n) is 8.89. The van der Waals surface area contributed by atoms with Crippen molar-refractivity contribution in [3.05, 3.63) is 0 Å². The van der Waals surface area contributed by atoms with Crippen LogP contribution in [0.4, 0.5) is 0 Å². The molecule has 0 saturated carbocycles. The summed E-state index contributed by atoms with van der Waals surface area (Å²) in [6.45, 7) is 8.83. The maximum absolute atomic E-state index is 10.1. The number of hydrogen-bond donors (Lipinski definition) is 1. The third kappa shape index (κ3) is 6.92. The van der Waals surface area contributed by atoms with Crippen molar-refractivity contribution in [1.29, 1.82) is 0 Å². The van der Waals surface area contributed by atoms with E-state index in [0.29, 0.717) is 19.8 Å². The largest absolute Gasteiger partial charge is 0.379 e. The van der Waals surface area contributed by atoms with Gasteiger partial charge in [-0.05, 0) is 19.3 Å². The van der Waals surface area contributed by atoms with Gasteiger partial charge in [-0.1, -0.05) is 40.0 Å². The lowest BCUT2D eigenvalue weighted by molar-refractivity contribution is -0.150. The van der Waals surface area contributed by atoms with Gasteiger partial charge >= 0.3 is 0 Å². The summed E-state index contributed by atoms with van der Waals surface area (Å²) in [4.78, 5) is 0. The molecule has 0 spiro atoms. The molecule has 5 heteroatoms. The van der Waals surface area contributed by atoms with Crippen LogP contribution in [0.5, 0.6) is 0 Å². The van der Waals surface area contributed by atoms with E-state index in [-0.39, 0.29) is 12.2 Å². The Balaban J connectivity index is 2.48. The van der Waals surface area contributed by atoms with Gasteiger partial charge in [0.2, 0.25) is 0 Å². The number of ether oxygens (including phenoxy) is 4. The van der Waals surface area contributed by atoms with Crippen molar-refractivity contribution in [1.82, 2.24) is 0 Å². The van der Waals surface area contributed by atoms with Gasteiger partial charge in [0.15, 0.2) is 6.29 Å². The van der Waals surface area contributed by atoms with E-state index >= 15 is 0 Å². The van der Waals surface area contributed by atoms with Gasteiger partial charge < -0.3 is 24.1 Å². The van der Waals surface area contributed by atoms with Gasteiger partial charge in [0, 0.05) is 19.8 Å². The van der Waals surface area contributed by atoms with Crippen LogP contribution in [0.25, 0.3) is 0 Å². The number of rotatable bonds is 13. The highest BCUT2D eigenvalue weighted by molar-refractivity contribution is 4.89. The monoisotopic (exact) mass is 318 g/mol. The van der Waals surface area contributed by atoms with Gasteiger partial charge in [-0.2, -0.15) is 0 Å². The Morgan fingerprint density at radius 2 is 1.36 bits per heavy atom. The van der Waals surface area contributed by atoms with Crippen molar-refractivity contribution in [3.63, 3.8) is 0 Å². The molecule has 1 heterocycles. The first-order valence-corrected chi connectivity index (χ1v) is 8.89. The summed E-state index contributed by atoms with van der Waals surface area (Å²) in [6, 6.07) is 0. The number of unbranched alkanes of at least 4 members (excludes halogenated alkanes) is 3. The van der Waals surface area contributed by atoms with E-state index in [1.165, 1.54) is 0 Å². The number of aliphatic hydroxyl groups is 1. The molecule has 22 heavy (non-hydrogen) atoms. The molecule has 1 aliphatic heterocycles. The number of hydrogen-bond acceptors (Lipinski definition) is 5. The van der Waals surface area contributed by atoms with Crippen molar-refractivity contribution in [2.24, 2.45) is 0 Å². The van der Waals surface area contributed by atoms with Crippen LogP contribution in [0.15, 0.2) is 0 Å². The second-order valence-electron chi connectivity index (χ2n) is 5.87. The maximum Gasteiger partial charge on any atom is 0.184 e.